The standard InChI is InChI=1S/C38H39Cl2N3O6/c1-46-32-12-11-27(18-34(32)47-2)33(19-29-30(39)21-41-22-31(29)40)48-37(44)28-10-6-7-24(17-28)20-42-36(26-8-4-3-5-9-26)38(45)49-35-23-43-15-13-25(35)14-16-43/h3-12,17-18,21-22,25,33,35-36,42H,13-16,19-20,23H2,1-2H3/t33-,35-,36?/m0/s1. The van der Waals surface area contributed by atoms with E-state index in [0.29, 0.717) is 50.7 Å². The maximum absolute atomic E-state index is 13.7. The molecule has 3 atom stereocenters. The number of fused-ring (bicyclic) bond motifs is 3. The molecule has 3 aliphatic heterocycles. The summed E-state index contributed by atoms with van der Waals surface area (Å²) in [5.41, 5.74) is 3.23. The number of nitrogens with zero attached hydrogens (tertiary/aromatic N) is 2. The number of rotatable bonds is 13. The molecule has 0 saturated carbocycles. The first-order valence-corrected chi connectivity index (χ1v) is 17.1. The molecular formula is C38H39Cl2N3O6. The fourth-order valence-corrected chi connectivity index (χ4v) is 7.09. The zero-order valence-corrected chi connectivity index (χ0v) is 29.0. The predicted octanol–water partition coefficient (Wildman–Crippen LogP) is 7.01. The summed E-state index contributed by atoms with van der Waals surface area (Å²) in [6, 6.07) is 21.4. The smallest absolute Gasteiger partial charge is 0.338 e. The highest BCUT2D eigenvalue weighted by Crippen LogP contribution is 2.36. The van der Waals surface area contributed by atoms with Crippen LogP contribution < -0.4 is 14.8 Å². The van der Waals surface area contributed by atoms with Crippen LogP contribution in [-0.2, 0) is 27.2 Å². The Morgan fingerprint density at radius 2 is 1.63 bits per heavy atom. The molecule has 0 radical (unpaired) electrons. The van der Waals surface area contributed by atoms with Gasteiger partial charge in [0.15, 0.2) is 11.5 Å². The third-order valence-electron chi connectivity index (χ3n) is 9.28. The van der Waals surface area contributed by atoms with Crippen LogP contribution >= 0.6 is 23.2 Å². The summed E-state index contributed by atoms with van der Waals surface area (Å²) >= 11 is 12.9. The molecule has 3 aliphatic rings. The highest BCUT2D eigenvalue weighted by molar-refractivity contribution is 6.35. The Kier molecular flexibility index (Phi) is 11.4. The highest BCUT2D eigenvalue weighted by Gasteiger charge is 2.38. The second kappa shape index (κ2) is 16.0. The van der Waals surface area contributed by atoms with Crippen LogP contribution in [0, 0.1) is 5.92 Å². The van der Waals surface area contributed by atoms with E-state index in [1.165, 1.54) is 12.4 Å². The number of carbonyl (C=O) groups is 2. The lowest BCUT2D eigenvalue weighted by Gasteiger charge is -2.44. The van der Waals surface area contributed by atoms with Gasteiger partial charge >= 0.3 is 11.9 Å². The fourth-order valence-electron chi connectivity index (χ4n) is 6.57. The van der Waals surface area contributed by atoms with Crippen molar-refractivity contribution in [2.24, 2.45) is 5.92 Å². The highest BCUT2D eigenvalue weighted by atomic mass is 35.5. The fraction of sp³-hybridized carbons (Fsp3) is 0.342. The maximum atomic E-state index is 13.7. The van der Waals surface area contributed by atoms with Gasteiger partial charge in [0.05, 0.1) is 29.8 Å². The van der Waals surface area contributed by atoms with Crippen molar-refractivity contribution in [1.82, 2.24) is 15.2 Å². The summed E-state index contributed by atoms with van der Waals surface area (Å²) in [7, 11) is 3.09. The largest absolute Gasteiger partial charge is 0.493 e. The molecule has 3 saturated heterocycles. The monoisotopic (exact) mass is 703 g/mol. The van der Waals surface area contributed by atoms with Crippen LogP contribution in [0.25, 0.3) is 0 Å². The van der Waals surface area contributed by atoms with Gasteiger partial charge in [-0.15, -0.1) is 0 Å². The molecule has 2 bridgehead atoms. The normalized spacial score (nSPS) is 19.5. The number of pyridine rings is 1. The number of nitrogens with one attached hydrogen (secondary N) is 1. The van der Waals surface area contributed by atoms with E-state index in [4.69, 9.17) is 42.1 Å². The van der Waals surface area contributed by atoms with Crippen molar-refractivity contribution in [2.75, 3.05) is 33.9 Å². The molecule has 1 N–H and O–H groups in total. The van der Waals surface area contributed by atoms with Gasteiger partial charge in [0.1, 0.15) is 18.2 Å². The van der Waals surface area contributed by atoms with Gasteiger partial charge in [-0.05, 0) is 78.4 Å². The van der Waals surface area contributed by atoms with E-state index in [1.807, 2.05) is 36.4 Å². The first kappa shape index (κ1) is 34.7. The Balaban J connectivity index is 1.19. The first-order chi connectivity index (χ1) is 23.8. The number of piperidine rings is 3. The molecule has 7 rings (SSSR count). The molecule has 0 spiro atoms. The lowest BCUT2D eigenvalue weighted by atomic mass is 9.86. The second-order valence-electron chi connectivity index (χ2n) is 12.3. The maximum Gasteiger partial charge on any atom is 0.338 e. The summed E-state index contributed by atoms with van der Waals surface area (Å²) in [4.78, 5) is 33.7. The van der Waals surface area contributed by atoms with Crippen molar-refractivity contribution >= 4 is 35.1 Å². The van der Waals surface area contributed by atoms with Crippen LogP contribution in [0.3, 0.4) is 0 Å². The number of halogens is 2. The van der Waals surface area contributed by atoms with Crippen molar-refractivity contribution in [3.8, 4) is 11.5 Å². The van der Waals surface area contributed by atoms with Gasteiger partial charge in [-0.3, -0.25) is 15.2 Å². The van der Waals surface area contributed by atoms with E-state index < -0.39 is 18.1 Å². The van der Waals surface area contributed by atoms with Crippen LogP contribution in [0.5, 0.6) is 11.5 Å². The van der Waals surface area contributed by atoms with E-state index in [1.54, 1.807) is 50.6 Å². The summed E-state index contributed by atoms with van der Waals surface area (Å²) in [5, 5.41) is 4.11. The van der Waals surface area contributed by atoms with E-state index in [2.05, 4.69) is 15.2 Å². The Labute approximate surface area is 296 Å². The van der Waals surface area contributed by atoms with Crippen molar-refractivity contribution in [3.63, 3.8) is 0 Å². The van der Waals surface area contributed by atoms with Crippen LogP contribution in [0.1, 0.15) is 57.6 Å². The van der Waals surface area contributed by atoms with Crippen molar-refractivity contribution in [3.05, 3.63) is 123 Å². The van der Waals surface area contributed by atoms with Gasteiger partial charge < -0.3 is 18.9 Å². The molecular weight excluding hydrogens is 665 g/mol. The summed E-state index contributed by atoms with van der Waals surface area (Å²) < 4.78 is 23.2. The van der Waals surface area contributed by atoms with Crippen LogP contribution in [-0.4, -0.2) is 61.8 Å². The molecule has 11 heteroatoms. The molecule has 256 valence electrons. The van der Waals surface area contributed by atoms with Crippen molar-refractivity contribution in [2.45, 2.75) is 44.1 Å². The number of hydrogen-bond donors (Lipinski definition) is 1. The van der Waals surface area contributed by atoms with Crippen LogP contribution in [0.4, 0.5) is 0 Å². The second-order valence-corrected chi connectivity index (χ2v) is 13.1. The first-order valence-electron chi connectivity index (χ1n) is 16.3. The number of carbonyl (C=O) groups excluding carboxylic acids is 2. The predicted molar refractivity (Wildman–Crippen MR) is 187 cm³/mol. The zero-order chi connectivity index (χ0) is 34.3. The molecule has 4 heterocycles. The van der Waals surface area contributed by atoms with Crippen LogP contribution in [0.2, 0.25) is 10.0 Å². The molecule has 0 aliphatic carbocycles. The molecule has 3 aromatic carbocycles. The Morgan fingerprint density at radius 1 is 0.898 bits per heavy atom. The number of ether oxygens (including phenoxy) is 4. The molecule has 49 heavy (non-hydrogen) atoms. The third kappa shape index (κ3) is 8.36. The minimum absolute atomic E-state index is 0.100. The number of hydrogen-bond acceptors (Lipinski definition) is 9. The molecule has 1 unspecified atom stereocenters. The van der Waals surface area contributed by atoms with Gasteiger partial charge in [-0.1, -0.05) is 71.7 Å². The number of methoxy groups -OCH3 is 2. The molecule has 0 amide bonds. The zero-order valence-electron chi connectivity index (χ0n) is 27.4. The SMILES string of the molecule is COc1ccc([C@H](Cc2c(Cl)cncc2Cl)OC(=O)c2cccc(CNC(C(=O)O[C@H]3CN4CCC3CC4)c3ccccc3)c2)cc1OC. The Morgan fingerprint density at radius 3 is 2.31 bits per heavy atom. The molecule has 3 fully saturated rings. The average Bonchev–Trinajstić information content (AvgIpc) is 3.13. The number of aromatic nitrogens is 1. The van der Waals surface area contributed by atoms with E-state index >= 15 is 0 Å². The summed E-state index contributed by atoms with van der Waals surface area (Å²) in [5.74, 6) is 0.594. The molecule has 9 nitrogen and oxygen atoms in total. The summed E-state index contributed by atoms with van der Waals surface area (Å²) in [6.45, 7) is 3.24. The molecule has 4 aromatic rings. The lowest BCUT2D eigenvalue weighted by Crippen LogP contribution is -2.52. The number of esters is 2. The summed E-state index contributed by atoms with van der Waals surface area (Å²) in [6.07, 6.45) is 4.44. The third-order valence-corrected chi connectivity index (χ3v) is 9.93. The Hall–Kier alpha value is -4.15. The van der Waals surface area contributed by atoms with Gasteiger partial charge in [0.25, 0.3) is 0 Å². The van der Waals surface area contributed by atoms with Gasteiger partial charge in [0.2, 0.25) is 0 Å². The Bertz CT molecular complexity index is 1750. The van der Waals surface area contributed by atoms with Crippen molar-refractivity contribution < 1.29 is 28.5 Å². The minimum atomic E-state index is -0.768. The quantitative estimate of drug-likeness (QED) is 0.147. The van der Waals surface area contributed by atoms with E-state index in [9.17, 15) is 9.59 Å². The minimum Gasteiger partial charge on any atom is -0.493 e. The average molecular weight is 705 g/mol. The topological polar surface area (TPSA) is 99.2 Å². The van der Waals surface area contributed by atoms with Crippen LogP contribution in [0.15, 0.2) is 85.2 Å². The van der Waals surface area contributed by atoms with Gasteiger partial charge in [-0.2, -0.15) is 0 Å². The van der Waals surface area contributed by atoms with E-state index in [-0.39, 0.29) is 18.5 Å². The van der Waals surface area contributed by atoms with Crippen molar-refractivity contribution in [1.29, 1.82) is 0 Å². The van der Waals surface area contributed by atoms with Gasteiger partial charge in [0, 0.05) is 31.9 Å². The van der Waals surface area contributed by atoms with E-state index in [0.717, 1.165) is 43.6 Å². The number of benzene rings is 3. The lowest BCUT2D eigenvalue weighted by molar-refractivity contribution is -0.161. The van der Waals surface area contributed by atoms with Gasteiger partial charge in [-0.25, -0.2) is 9.59 Å². The molecule has 1 aromatic heterocycles.